The first-order chi connectivity index (χ1) is 37.8. The number of benzene rings is 4. The summed E-state index contributed by atoms with van der Waals surface area (Å²) < 4.78 is 10.2. The van der Waals surface area contributed by atoms with Gasteiger partial charge in [-0.05, 0) is 129 Å². The Hall–Kier alpha value is -6.37. The van der Waals surface area contributed by atoms with E-state index in [0.29, 0.717) is 76.7 Å². The smallest absolute Gasteiger partial charge is 0.308 e. The van der Waals surface area contributed by atoms with Gasteiger partial charge in [0, 0.05) is 37.0 Å². The summed E-state index contributed by atoms with van der Waals surface area (Å²) in [6.45, 7) is 14.4. The van der Waals surface area contributed by atoms with Gasteiger partial charge in [-0.2, -0.15) is 0 Å². The number of unbranched alkanes of at least 4 members (excludes halogenated alkanes) is 9. The van der Waals surface area contributed by atoms with Crippen molar-refractivity contribution in [2.75, 3.05) is 13.7 Å². The van der Waals surface area contributed by atoms with Gasteiger partial charge >= 0.3 is 11.9 Å². The van der Waals surface area contributed by atoms with Crippen molar-refractivity contribution in [1.29, 1.82) is 0 Å². The topological polar surface area (TPSA) is 225 Å². The van der Waals surface area contributed by atoms with Gasteiger partial charge in [-0.1, -0.05) is 155 Å². The first-order valence-corrected chi connectivity index (χ1v) is 29.2. The maximum atomic E-state index is 12.5. The maximum absolute atomic E-state index is 12.5. The lowest BCUT2D eigenvalue weighted by atomic mass is 9.85. The number of phenolic OH excluding ortho intramolecular Hbond substituents is 6. The molecule has 79 heavy (non-hydrogen) atoms. The molecule has 4 aromatic rings. The molecule has 6 unspecified atom stereocenters. The number of carbonyl (C=O) groups excluding carboxylic acids is 5. The van der Waals surface area contributed by atoms with Crippen LogP contribution in [0.3, 0.4) is 0 Å². The molecule has 0 saturated carbocycles. The Morgan fingerprint density at radius 2 is 0.797 bits per heavy atom. The number of ether oxygens (including phenoxy) is 2. The minimum Gasteiger partial charge on any atom is -0.504 e. The van der Waals surface area contributed by atoms with Crippen molar-refractivity contribution in [3.63, 3.8) is 0 Å². The van der Waals surface area contributed by atoms with Crippen molar-refractivity contribution in [1.82, 2.24) is 0 Å². The number of hydrogen-bond donors (Lipinski definition) is 6. The quantitative estimate of drug-likeness (QED) is 0.0143. The third kappa shape index (κ3) is 27.4. The van der Waals surface area contributed by atoms with Crippen molar-refractivity contribution in [2.45, 2.75) is 196 Å². The van der Waals surface area contributed by atoms with Crippen molar-refractivity contribution in [3.8, 4) is 34.5 Å². The Morgan fingerprint density at radius 1 is 0.430 bits per heavy atom. The normalized spacial score (nSPS) is 13.2. The molecule has 4 aromatic carbocycles. The lowest BCUT2D eigenvalue weighted by Gasteiger charge is -2.19. The number of phenols is 6. The number of hydrogen-bond acceptors (Lipinski definition) is 13. The van der Waals surface area contributed by atoms with Crippen LogP contribution in [-0.2, 0) is 52.7 Å². The molecule has 0 aliphatic heterocycles. The highest BCUT2D eigenvalue weighted by atomic mass is 16.5. The summed E-state index contributed by atoms with van der Waals surface area (Å²) in [4.78, 5) is 61.2. The largest absolute Gasteiger partial charge is 0.504 e. The minimum atomic E-state index is -0.273. The summed E-state index contributed by atoms with van der Waals surface area (Å²) in [5, 5.41) is 56.5. The molecule has 0 amide bonds. The van der Waals surface area contributed by atoms with E-state index in [4.69, 9.17) is 9.47 Å². The van der Waals surface area contributed by atoms with Crippen LogP contribution in [0.4, 0.5) is 0 Å². The van der Waals surface area contributed by atoms with E-state index >= 15 is 0 Å². The summed E-state index contributed by atoms with van der Waals surface area (Å²) >= 11 is 0. The molecular weight excluding hydrogens is 1000 g/mol. The van der Waals surface area contributed by atoms with Gasteiger partial charge in [0.15, 0.2) is 34.5 Å². The third-order valence-corrected chi connectivity index (χ3v) is 15.0. The SMILES string of the molecule is CCC(CC(C)C(=O)CCc1ccc(O)c(O)c1)C(=O)OC.CCC(CC(C)C(=O)CCc1ccc(O)c(O)c1)c1ccccc1.CCCCCCCCCCCCOC(=O)C(CC)CC(C)C(=O)CCc1ccc(O)c(O)c1. The molecular formula is C66H96O13. The van der Waals surface area contributed by atoms with Gasteiger partial charge < -0.3 is 40.1 Å². The fourth-order valence-electron chi connectivity index (χ4n) is 9.56. The van der Waals surface area contributed by atoms with Gasteiger partial charge in [0.25, 0.3) is 0 Å². The molecule has 0 aliphatic carbocycles. The van der Waals surface area contributed by atoms with Crippen LogP contribution in [0.25, 0.3) is 0 Å². The number of rotatable bonds is 35. The molecule has 0 aliphatic rings. The second-order valence-electron chi connectivity index (χ2n) is 21.4. The van der Waals surface area contributed by atoms with E-state index in [1.807, 2.05) is 52.8 Å². The molecule has 0 heterocycles. The number of methoxy groups -OCH3 is 1. The van der Waals surface area contributed by atoms with Crippen LogP contribution >= 0.6 is 0 Å². The molecule has 6 N–H and O–H groups in total. The first kappa shape index (κ1) is 68.7. The Morgan fingerprint density at radius 3 is 1.15 bits per heavy atom. The van der Waals surface area contributed by atoms with Crippen LogP contribution in [0.15, 0.2) is 84.9 Å². The number of carbonyl (C=O) groups is 5. The van der Waals surface area contributed by atoms with Crippen molar-refractivity contribution >= 4 is 29.3 Å². The molecule has 13 nitrogen and oxygen atoms in total. The predicted octanol–water partition coefficient (Wildman–Crippen LogP) is 14.8. The van der Waals surface area contributed by atoms with Gasteiger partial charge in [-0.25, -0.2) is 0 Å². The summed E-state index contributed by atoms with van der Waals surface area (Å²) in [7, 11) is 1.36. The van der Waals surface area contributed by atoms with Gasteiger partial charge in [-0.3, -0.25) is 24.0 Å². The van der Waals surface area contributed by atoms with Crippen molar-refractivity contribution in [2.24, 2.45) is 29.6 Å². The highest BCUT2D eigenvalue weighted by Crippen LogP contribution is 2.31. The highest BCUT2D eigenvalue weighted by Gasteiger charge is 2.26. The molecule has 0 radical (unpaired) electrons. The van der Waals surface area contributed by atoms with Gasteiger partial charge in [0.05, 0.1) is 25.6 Å². The molecule has 0 fully saturated rings. The fourth-order valence-corrected chi connectivity index (χ4v) is 9.56. The predicted molar refractivity (Wildman–Crippen MR) is 312 cm³/mol. The van der Waals surface area contributed by atoms with Crippen molar-refractivity contribution < 1.29 is 64.1 Å². The number of aryl methyl sites for hydroxylation is 3. The first-order valence-electron chi connectivity index (χ1n) is 29.2. The lowest BCUT2D eigenvalue weighted by molar-refractivity contribution is -0.150. The third-order valence-electron chi connectivity index (χ3n) is 15.0. The number of aromatic hydroxyl groups is 6. The summed E-state index contributed by atoms with van der Waals surface area (Å²) in [5.74, 6) is -1.50. The van der Waals surface area contributed by atoms with Crippen LogP contribution in [0.5, 0.6) is 34.5 Å². The molecule has 6 atom stereocenters. The Labute approximate surface area is 472 Å². The van der Waals surface area contributed by atoms with Gasteiger partial charge in [0.1, 0.15) is 17.3 Å². The minimum absolute atomic E-state index is 0.0147. The van der Waals surface area contributed by atoms with Crippen LogP contribution in [0.2, 0.25) is 0 Å². The van der Waals surface area contributed by atoms with Crippen LogP contribution in [0, 0.1) is 29.6 Å². The van der Waals surface area contributed by atoms with E-state index in [1.54, 1.807) is 18.2 Å². The van der Waals surface area contributed by atoms with Crippen LogP contribution in [-0.4, -0.2) is 73.6 Å². The van der Waals surface area contributed by atoms with E-state index in [0.717, 1.165) is 42.4 Å². The highest BCUT2D eigenvalue weighted by molar-refractivity contribution is 5.83. The Bertz CT molecular complexity index is 2400. The van der Waals surface area contributed by atoms with E-state index in [2.05, 4.69) is 26.0 Å². The van der Waals surface area contributed by atoms with Gasteiger partial charge in [-0.15, -0.1) is 0 Å². The Kier molecular flexibility index (Phi) is 34.0. The zero-order valence-corrected chi connectivity index (χ0v) is 48.9. The zero-order valence-electron chi connectivity index (χ0n) is 48.9. The molecule has 0 aromatic heterocycles. The van der Waals surface area contributed by atoms with E-state index < -0.39 is 0 Å². The molecule has 13 heteroatoms. The van der Waals surface area contributed by atoms with E-state index in [9.17, 15) is 54.6 Å². The molecule has 0 bridgehead atoms. The molecule has 438 valence electrons. The fraction of sp³-hybridized carbons (Fsp3) is 0.561. The number of Topliss-reactive ketones (excluding diaryl/α,β-unsaturated/α-hetero) is 3. The standard InChI is InChI=1S/C28H46O5.C21H26O3.C17H24O5/c1-4-6-7-8-9-10-11-12-13-14-19-33-28(32)24(5-2)20-22(3)25(29)17-15-23-16-18-26(30)27(31)21-23;1-3-17(18-7-5-4-6-8-18)13-15(2)19(22)11-9-16-10-12-20(23)21(24)14-16;1-4-13(17(21)22-3)9-11(2)14(18)7-5-12-6-8-15(19)16(20)10-12/h16,18,21-22,24,30-31H,4-15,17,19-20H2,1-3H3;4-8,10,12,14-15,17,23-24H,3,9,11,13H2,1-2H3;6,8,10-11,13,19-20H,4-5,7,9H2,1-3H3. The summed E-state index contributed by atoms with van der Waals surface area (Å²) in [6, 6.07) is 24.2. The average molecular weight is 1100 g/mol. The summed E-state index contributed by atoms with van der Waals surface area (Å²) in [6.07, 6.45) is 19.4. The zero-order chi connectivity index (χ0) is 58.7. The molecule has 4 rings (SSSR count). The summed E-state index contributed by atoms with van der Waals surface area (Å²) in [5.41, 5.74) is 3.74. The van der Waals surface area contributed by atoms with Crippen LogP contribution in [0.1, 0.15) is 199 Å². The lowest BCUT2D eigenvalue weighted by Crippen LogP contribution is -2.23. The maximum Gasteiger partial charge on any atom is 0.308 e. The van der Waals surface area contributed by atoms with Gasteiger partial charge in [0.2, 0.25) is 0 Å². The second-order valence-corrected chi connectivity index (χ2v) is 21.4. The monoisotopic (exact) mass is 1100 g/mol. The van der Waals surface area contributed by atoms with Crippen molar-refractivity contribution in [3.05, 3.63) is 107 Å². The van der Waals surface area contributed by atoms with E-state index in [1.165, 1.54) is 100 Å². The molecule has 0 spiro atoms. The Balaban J connectivity index is 0.000000415. The molecule has 0 saturated heterocycles. The number of esters is 2. The second kappa shape index (κ2) is 39.1. The van der Waals surface area contributed by atoms with Crippen LogP contribution < -0.4 is 0 Å². The van der Waals surface area contributed by atoms with E-state index in [-0.39, 0.29) is 93.4 Å². The average Bonchev–Trinajstić information content (AvgIpc) is 3.45. The number of ketones is 3.